The molecule has 1 aromatic rings. The first kappa shape index (κ1) is 22.5. The Kier molecular flexibility index (Phi) is 5.87. The summed E-state index contributed by atoms with van der Waals surface area (Å²) >= 11 is 0. The molecule has 160 valence electrons. The Bertz CT molecular complexity index is 799. The number of rotatable bonds is 5. The second kappa shape index (κ2) is 7.56. The lowest BCUT2D eigenvalue weighted by Crippen LogP contribution is -2.50. The molecule has 1 unspecified atom stereocenters. The Hall–Kier alpha value is -2.79. The van der Waals surface area contributed by atoms with Gasteiger partial charge in [-0.1, -0.05) is 12.1 Å². The number of halogens is 8. The zero-order valence-electron chi connectivity index (χ0n) is 14.5. The molecule has 0 fully saturated rings. The number of carbonyl (C=O) groups excluding carboxylic acids is 1. The Morgan fingerprint density at radius 2 is 1.59 bits per heavy atom. The minimum absolute atomic E-state index is 0.0587. The van der Waals surface area contributed by atoms with Crippen LogP contribution in [-0.4, -0.2) is 30.9 Å². The van der Waals surface area contributed by atoms with Crippen molar-refractivity contribution in [3.63, 3.8) is 0 Å². The molecule has 1 heterocycles. The molecule has 4 nitrogen and oxygen atoms in total. The van der Waals surface area contributed by atoms with Gasteiger partial charge < -0.3 is 14.8 Å². The lowest BCUT2D eigenvalue weighted by atomic mass is 9.94. The van der Waals surface area contributed by atoms with E-state index >= 15 is 0 Å². The maximum atomic E-state index is 14.5. The number of nitrogens with one attached hydrogen (secondary N) is 1. The summed E-state index contributed by atoms with van der Waals surface area (Å²) in [6.07, 6.45) is -9.89. The first-order valence-electron chi connectivity index (χ1n) is 7.88. The van der Waals surface area contributed by atoms with Crippen molar-refractivity contribution in [1.29, 1.82) is 0 Å². The SMILES string of the molecule is CCOC(=O)C1=CNC(F)(Oc2ccc(C(F)(C(F)(F)F)C(F)(F)F)cc2)C=C1. The van der Waals surface area contributed by atoms with E-state index in [0.717, 1.165) is 18.4 Å². The molecule has 12 heteroatoms. The van der Waals surface area contributed by atoms with Crippen LogP contribution in [0, 0.1) is 0 Å². The number of esters is 1. The Labute approximate surface area is 158 Å². The van der Waals surface area contributed by atoms with Crippen LogP contribution in [0.25, 0.3) is 0 Å². The van der Waals surface area contributed by atoms with Crippen molar-refractivity contribution in [2.75, 3.05) is 6.61 Å². The zero-order chi connectivity index (χ0) is 22.1. The molecule has 0 aromatic heterocycles. The summed E-state index contributed by atoms with van der Waals surface area (Å²) in [5, 5.41) is 2.05. The van der Waals surface area contributed by atoms with Gasteiger partial charge in [0.15, 0.2) is 0 Å². The second-order valence-electron chi connectivity index (χ2n) is 5.72. The van der Waals surface area contributed by atoms with Crippen molar-refractivity contribution in [2.24, 2.45) is 0 Å². The third-order valence-corrected chi connectivity index (χ3v) is 3.71. The summed E-state index contributed by atoms with van der Waals surface area (Å²) in [6.45, 7) is 1.62. The molecule has 2 rings (SSSR count). The topological polar surface area (TPSA) is 47.6 Å². The van der Waals surface area contributed by atoms with Crippen LogP contribution < -0.4 is 10.1 Å². The third kappa shape index (κ3) is 4.46. The highest BCUT2D eigenvalue weighted by molar-refractivity contribution is 5.91. The van der Waals surface area contributed by atoms with Crippen molar-refractivity contribution in [3.05, 3.63) is 53.8 Å². The quantitative estimate of drug-likeness (QED) is 0.421. The number of benzene rings is 1. The monoisotopic (exact) mass is 431 g/mol. The van der Waals surface area contributed by atoms with E-state index in [1.165, 1.54) is 0 Å². The van der Waals surface area contributed by atoms with Crippen LogP contribution in [0.1, 0.15) is 12.5 Å². The average molecular weight is 431 g/mol. The molecule has 0 radical (unpaired) electrons. The summed E-state index contributed by atoms with van der Waals surface area (Å²) in [6, 6.07) is 1.46. The number of hydrogen-bond acceptors (Lipinski definition) is 4. The first-order valence-corrected chi connectivity index (χ1v) is 7.88. The predicted octanol–water partition coefficient (Wildman–Crippen LogP) is 4.58. The molecule has 1 aromatic carbocycles. The molecule has 0 amide bonds. The maximum Gasteiger partial charge on any atom is 0.435 e. The Morgan fingerprint density at radius 3 is 2.00 bits per heavy atom. The molecular weight excluding hydrogens is 418 g/mol. The molecule has 1 atom stereocenters. The highest BCUT2D eigenvalue weighted by Gasteiger charge is 2.73. The number of hydrogen-bond donors (Lipinski definition) is 1. The van der Waals surface area contributed by atoms with Gasteiger partial charge in [-0.05, 0) is 25.1 Å². The highest BCUT2D eigenvalue weighted by atomic mass is 19.4. The van der Waals surface area contributed by atoms with E-state index in [4.69, 9.17) is 4.74 Å². The van der Waals surface area contributed by atoms with E-state index < -0.39 is 41.3 Å². The lowest BCUT2D eigenvalue weighted by Gasteiger charge is -2.30. The van der Waals surface area contributed by atoms with Crippen molar-refractivity contribution in [2.45, 2.75) is 30.9 Å². The van der Waals surface area contributed by atoms with Gasteiger partial charge in [-0.15, -0.1) is 0 Å². The summed E-state index contributed by atoms with van der Waals surface area (Å²) in [7, 11) is 0. The van der Waals surface area contributed by atoms with Gasteiger partial charge in [-0.3, -0.25) is 0 Å². The summed E-state index contributed by atoms with van der Waals surface area (Å²) < 4.78 is 114. The Morgan fingerprint density at radius 1 is 1.03 bits per heavy atom. The van der Waals surface area contributed by atoms with Crippen LogP contribution in [0.2, 0.25) is 0 Å². The van der Waals surface area contributed by atoms with Gasteiger partial charge in [0.2, 0.25) is 0 Å². The molecule has 29 heavy (non-hydrogen) atoms. The van der Waals surface area contributed by atoms with Gasteiger partial charge in [0.05, 0.1) is 12.2 Å². The normalized spacial score (nSPS) is 20.0. The maximum absolute atomic E-state index is 14.5. The zero-order valence-corrected chi connectivity index (χ0v) is 14.5. The molecule has 0 aliphatic carbocycles. The van der Waals surface area contributed by atoms with E-state index in [1.807, 2.05) is 0 Å². The second-order valence-corrected chi connectivity index (χ2v) is 5.72. The third-order valence-electron chi connectivity index (χ3n) is 3.71. The first-order chi connectivity index (χ1) is 13.2. The van der Waals surface area contributed by atoms with E-state index in [-0.39, 0.29) is 24.3 Å². The fourth-order valence-electron chi connectivity index (χ4n) is 2.29. The van der Waals surface area contributed by atoms with Crippen LogP contribution in [0.4, 0.5) is 35.1 Å². The molecule has 0 saturated heterocycles. The standard InChI is InChI=1S/C17H13F8NO3/c1-2-28-13(27)10-7-8-14(18,26-9-10)29-12-5-3-11(4-6-12)15(19,16(20,21)22)17(23,24)25/h3-9,26H,2H2,1H3. The molecule has 1 aliphatic rings. The van der Waals surface area contributed by atoms with Gasteiger partial charge in [0.1, 0.15) is 5.75 Å². The largest absolute Gasteiger partial charge is 0.462 e. The number of dihydropyridines is 1. The van der Waals surface area contributed by atoms with Crippen molar-refractivity contribution in [3.8, 4) is 5.75 Å². The van der Waals surface area contributed by atoms with E-state index in [2.05, 4.69) is 10.1 Å². The Balaban J connectivity index is 2.20. The number of alkyl halides is 8. The van der Waals surface area contributed by atoms with Crippen LogP contribution in [0.15, 0.2) is 48.2 Å². The minimum atomic E-state index is -6.27. The van der Waals surface area contributed by atoms with E-state index in [1.54, 1.807) is 6.92 Å². The fourth-order valence-corrected chi connectivity index (χ4v) is 2.29. The molecule has 0 bridgehead atoms. The molecule has 1 N–H and O–H groups in total. The molecular formula is C17H13F8NO3. The van der Waals surface area contributed by atoms with Gasteiger partial charge in [0.25, 0.3) is 0 Å². The lowest BCUT2D eigenvalue weighted by molar-refractivity contribution is -0.348. The van der Waals surface area contributed by atoms with Gasteiger partial charge in [0, 0.05) is 17.8 Å². The summed E-state index contributed by atoms with van der Waals surface area (Å²) in [4.78, 5) is 11.5. The van der Waals surface area contributed by atoms with E-state index in [0.29, 0.717) is 12.1 Å². The molecule has 0 spiro atoms. The number of ether oxygens (including phenoxy) is 2. The van der Waals surface area contributed by atoms with Crippen LogP contribution in [0.3, 0.4) is 0 Å². The minimum Gasteiger partial charge on any atom is -0.462 e. The highest BCUT2D eigenvalue weighted by Crippen LogP contribution is 2.53. The van der Waals surface area contributed by atoms with Crippen LogP contribution in [0.5, 0.6) is 5.75 Å². The summed E-state index contributed by atoms with van der Waals surface area (Å²) in [5.41, 5.74) is -7.40. The van der Waals surface area contributed by atoms with Gasteiger partial charge in [-0.25, -0.2) is 9.18 Å². The average Bonchev–Trinajstić information content (AvgIpc) is 2.60. The van der Waals surface area contributed by atoms with Crippen LogP contribution >= 0.6 is 0 Å². The molecule has 0 saturated carbocycles. The van der Waals surface area contributed by atoms with Gasteiger partial charge in [-0.2, -0.15) is 30.7 Å². The van der Waals surface area contributed by atoms with Crippen molar-refractivity contribution in [1.82, 2.24) is 5.32 Å². The van der Waals surface area contributed by atoms with E-state index in [9.17, 15) is 39.9 Å². The number of carbonyl (C=O) groups is 1. The summed E-state index contributed by atoms with van der Waals surface area (Å²) in [5.74, 6) is -4.03. The smallest absolute Gasteiger partial charge is 0.435 e. The van der Waals surface area contributed by atoms with Crippen LogP contribution in [-0.2, 0) is 15.2 Å². The van der Waals surface area contributed by atoms with Crippen molar-refractivity contribution >= 4 is 5.97 Å². The fraction of sp³-hybridized carbons (Fsp3) is 0.353. The molecule has 1 aliphatic heterocycles. The predicted molar refractivity (Wildman–Crippen MR) is 82.8 cm³/mol. The van der Waals surface area contributed by atoms with Gasteiger partial charge >= 0.3 is 30.0 Å². The van der Waals surface area contributed by atoms with Crippen molar-refractivity contribution < 1.29 is 49.4 Å².